The van der Waals surface area contributed by atoms with Gasteiger partial charge >= 0.3 is 0 Å². The Balaban J connectivity index is 0.992. The predicted molar refractivity (Wildman–Crippen MR) is 253 cm³/mol. The zero-order chi connectivity index (χ0) is 39.5. The second-order valence-electron chi connectivity index (χ2n) is 16.3. The maximum atomic E-state index is 4.23. The van der Waals surface area contributed by atoms with Crippen LogP contribution in [0, 0.1) is 5.92 Å². The van der Waals surface area contributed by atoms with Crippen LogP contribution in [-0.4, -0.2) is 0 Å². The quantitative estimate of drug-likeness (QED) is 0.126. The van der Waals surface area contributed by atoms with Gasteiger partial charge in [-0.3, -0.25) is 0 Å². The zero-order valence-corrected chi connectivity index (χ0v) is 33.6. The summed E-state index contributed by atoms with van der Waals surface area (Å²) in [5, 5.41) is 2.67. The Morgan fingerprint density at radius 2 is 1.49 bits per heavy atom. The first-order valence-electron chi connectivity index (χ1n) is 21.3. The lowest BCUT2D eigenvalue weighted by molar-refractivity contribution is 0.692. The van der Waals surface area contributed by atoms with Gasteiger partial charge in [0.1, 0.15) is 0 Å². The van der Waals surface area contributed by atoms with Gasteiger partial charge in [-0.1, -0.05) is 170 Å². The van der Waals surface area contributed by atoms with E-state index in [1.165, 1.54) is 83.5 Å². The molecule has 0 saturated carbocycles. The first-order valence-corrected chi connectivity index (χ1v) is 21.3. The number of allylic oxidation sites excluding steroid dienone is 12. The first-order chi connectivity index (χ1) is 29.2. The summed E-state index contributed by atoms with van der Waals surface area (Å²) in [5.74, 6) is 1.04. The van der Waals surface area contributed by atoms with Gasteiger partial charge in [0.2, 0.25) is 0 Å². The summed E-state index contributed by atoms with van der Waals surface area (Å²) in [6.45, 7) is 4.23. The first kappa shape index (κ1) is 36.6. The molecule has 10 rings (SSSR count). The number of rotatable bonds is 10. The lowest BCUT2D eigenvalue weighted by atomic mass is 9.76. The van der Waals surface area contributed by atoms with Gasteiger partial charge in [0.15, 0.2) is 0 Å². The summed E-state index contributed by atoms with van der Waals surface area (Å²) in [7, 11) is 0. The van der Waals surface area contributed by atoms with Crippen LogP contribution < -0.4 is 4.90 Å². The van der Waals surface area contributed by atoms with E-state index in [1.807, 2.05) is 0 Å². The Kier molecular flexibility index (Phi) is 10.1. The van der Waals surface area contributed by atoms with Gasteiger partial charge in [-0.25, -0.2) is 0 Å². The number of hydrogen-bond donors (Lipinski definition) is 0. The van der Waals surface area contributed by atoms with Crippen LogP contribution in [0.5, 0.6) is 0 Å². The van der Waals surface area contributed by atoms with Gasteiger partial charge in [-0.05, 0) is 135 Å². The van der Waals surface area contributed by atoms with E-state index in [0.29, 0.717) is 11.8 Å². The van der Waals surface area contributed by atoms with Crippen LogP contribution in [0.15, 0.2) is 212 Å². The van der Waals surface area contributed by atoms with Crippen molar-refractivity contribution in [1.82, 2.24) is 0 Å². The minimum atomic E-state index is 0.235. The second kappa shape index (κ2) is 16.3. The van der Waals surface area contributed by atoms with Crippen molar-refractivity contribution in [2.45, 2.75) is 43.9 Å². The Morgan fingerprint density at radius 1 is 0.661 bits per heavy atom. The molecule has 0 N–H and O–H groups in total. The molecule has 59 heavy (non-hydrogen) atoms. The maximum absolute atomic E-state index is 4.23. The Hall–Kier alpha value is -6.70. The van der Waals surface area contributed by atoms with Crippen LogP contribution in [-0.2, 0) is 6.42 Å². The molecule has 1 heteroatoms. The average Bonchev–Trinajstić information content (AvgIpc) is 3.31. The molecule has 4 aliphatic rings. The van der Waals surface area contributed by atoms with Crippen molar-refractivity contribution in [3.8, 4) is 11.1 Å². The monoisotopic (exact) mass is 759 g/mol. The van der Waals surface area contributed by atoms with Crippen molar-refractivity contribution in [1.29, 1.82) is 0 Å². The van der Waals surface area contributed by atoms with E-state index in [4.69, 9.17) is 0 Å². The third-order valence-electron chi connectivity index (χ3n) is 12.8. The molecule has 4 aliphatic carbocycles. The highest BCUT2D eigenvalue weighted by molar-refractivity contribution is 5.93. The molecule has 0 fully saturated rings. The summed E-state index contributed by atoms with van der Waals surface area (Å²) in [4.78, 5) is 2.49. The second-order valence-corrected chi connectivity index (χ2v) is 16.3. The molecule has 6 aromatic rings. The molecule has 1 nitrogen and oxygen atoms in total. The van der Waals surface area contributed by atoms with Crippen molar-refractivity contribution < 1.29 is 0 Å². The van der Waals surface area contributed by atoms with E-state index in [9.17, 15) is 0 Å². The molecule has 6 aromatic carbocycles. The number of aryl methyl sites for hydroxylation is 1. The lowest BCUT2D eigenvalue weighted by Crippen LogP contribution is -2.18. The summed E-state index contributed by atoms with van der Waals surface area (Å²) in [5.41, 5.74) is 17.2. The smallest absolute Gasteiger partial charge is 0.0464 e. The van der Waals surface area contributed by atoms with Gasteiger partial charge in [0.05, 0.1) is 0 Å². The molecular weight excluding hydrogens is 711 g/mol. The van der Waals surface area contributed by atoms with Crippen LogP contribution in [0.1, 0.15) is 70.9 Å². The Bertz CT molecular complexity index is 2760. The molecule has 0 aliphatic heterocycles. The highest BCUT2D eigenvalue weighted by atomic mass is 15.1. The summed E-state index contributed by atoms with van der Waals surface area (Å²) in [6.07, 6.45) is 32.6. The molecule has 0 bridgehead atoms. The fraction of sp³-hybridized carbons (Fsp3) is 0.138. The van der Waals surface area contributed by atoms with Crippen LogP contribution in [0.2, 0.25) is 0 Å². The molecule has 0 aromatic heterocycles. The molecule has 0 heterocycles. The molecule has 0 spiro atoms. The van der Waals surface area contributed by atoms with E-state index >= 15 is 0 Å². The number of hydrogen-bond acceptors (Lipinski definition) is 1. The standard InChI is InChI=1S/C58H49N/c1-2-42(17-10-14-41-12-4-3-5-13-41)43-30-34-52(35-31-43)59(53-36-32-44(33-37-53)50-28-26-47-24-22-45-15-6-8-20-55(45)57(47)39-50)54-19-11-18-49(38-54)51-29-27-48-25-23-46-16-7-9-21-56(46)58(48)40-51/h2-16,18-25,27,29-32,34-36,38-40,42,46,56H,1,17,26,28,33,37H2/b14-10+. The summed E-state index contributed by atoms with van der Waals surface area (Å²) in [6, 6.07) is 49.3. The van der Waals surface area contributed by atoms with Gasteiger partial charge in [-0.15, -0.1) is 6.58 Å². The molecular formula is C58H49N. The largest absolute Gasteiger partial charge is 0.314 e. The fourth-order valence-corrected chi connectivity index (χ4v) is 9.57. The van der Waals surface area contributed by atoms with Crippen LogP contribution in [0.3, 0.4) is 0 Å². The van der Waals surface area contributed by atoms with Crippen LogP contribution in [0.25, 0.3) is 40.1 Å². The number of fused-ring (bicyclic) bond motifs is 6. The van der Waals surface area contributed by atoms with Crippen molar-refractivity contribution in [2.75, 3.05) is 4.90 Å². The highest BCUT2D eigenvalue weighted by Crippen LogP contribution is 2.43. The SMILES string of the molecule is C=CC(C/C=C/c1ccccc1)c1ccc(N(C2=CC=C(C3=Cc4c(ccc5ccccc45)CC3)CC2)c2cccc(-c3ccc4c(c3)C3C=CC=CC3C=C4)c2)cc1. The Morgan fingerprint density at radius 3 is 2.36 bits per heavy atom. The van der Waals surface area contributed by atoms with Gasteiger partial charge in [0.25, 0.3) is 0 Å². The van der Waals surface area contributed by atoms with Gasteiger partial charge in [0, 0.05) is 34.8 Å². The molecule has 286 valence electrons. The van der Waals surface area contributed by atoms with E-state index in [0.717, 1.165) is 32.1 Å². The topological polar surface area (TPSA) is 3.24 Å². The predicted octanol–water partition coefficient (Wildman–Crippen LogP) is 15.5. The van der Waals surface area contributed by atoms with Crippen molar-refractivity contribution in [3.05, 3.63) is 245 Å². The van der Waals surface area contributed by atoms with Crippen molar-refractivity contribution >= 4 is 40.4 Å². The molecule has 0 radical (unpaired) electrons. The van der Waals surface area contributed by atoms with E-state index < -0.39 is 0 Å². The Labute approximate surface area is 349 Å². The van der Waals surface area contributed by atoms with Crippen LogP contribution in [0.4, 0.5) is 11.4 Å². The maximum Gasteiger partial charge on any atom is 0.0464 e. The third kappa shape index (κ3) is 7.46. The third-order valence-corrected chi connectivity index (χ3v) is 12.8. The normalized spacial score (nSPS) is 18.3. The minimum Gasteiger partial charge on any atom is -0.314 e. The number of benzene rings is 6. The van der Waals surface area contributed by atoms with Gasteiger partial charge < -0.3 is 4.90 Å². The molecule has 3 unspecified atom stereocenters. The van der Waals surface area contributed by atoms with Gasteiger partial charge in [-0.2, -0.15) is 0 Å². The summed E-state index contributed by atoms with van der Waals surface area (Å²) >= 11 is 0. The fourth-order valence-electron chi connectivity index (χ4n) is 9.57. The van der Waals surface area contributed by atoms with E-state index in [-0.39, 0.29) is 5.92 Å². The highest BCUT2D eigenvalue weighted by Gasteiger charge is 2.25. The molecule has 0 saturated heterocycles. The average molecular weight is 760 g/mol. The van der Waals surface area contributed by atoms with E-state index in [1.54, 1.807) is 0 Å². The lowest BCUT2D eigenvalue weighted by Gasteiger charge is -2.31. The number of anilines is 2. The van der Waals surface area contributed by atoms with Crippen molar-refractivity contribution in [3.63, 3.8) is 0 Å². The molecule has 0 amide bonds. The molecule has 3 atom stereocenters. The summed E-state index contributed by atoms with van der Waals surface area (Å²) < 4.78 is 0. The van der Waals surface area contributed by atoms with Crippen LogP contribution >= 0.6 is 0 Å². The number of nitrogens with zero attached hydrogens (tertiary/aromatic N) is 1. The van der Waals surface area contributed by atoms with Crippen molar-refractivity contribution in [2.24, 2.45) is 5.92 Å². The minimum absolute atomic E-state index is 0.235. The van der Waals surface area contributed by atoms with E-state index in [2.05, 4.69) is 218 Å². The zero-order valence-electron chi connectivity index (χ0n) is 33.6.